The highest BCUT2D eigenvalue weighted by atomic mass is 19.3. The van der Waals surface area contributed by atoms with Crippen LogP contribution in [-0.4, -0.2) is 72.5 Å². The fraction of sp³-hybridized carbons (Fsp3) is 0.520. The zero-order chi connectivity index (χ0) is 26.2. The summed E-state index contributed by atoms with van der Waals surface area (Å²) in [7, 11) is 2.81. The van der Waals surface area contributed by atoms with Gasteiger partial charge < -0.3 is 19.9 Å². The lowest BCUT2D eigenvalue weighted by Gasteiger charge is -2.31. The van der Waals surface area contributed by atoms with Crippen molar-refractivity contribution in [1.29, 1.82) is 0 Å². The van der Waals surface area contributed by atoms with Gasteiger partial charge in [-0.3, -0.25) is 15.0 Å². The Bertz CT molecular complexity index is 1180. The number of halogens is 2. The highest BCUT2D eigenvalue weighted by Crippen LogP contribution is 2.40. The number of ether oxygens (including phenoxy) is 1. The molecule has 3 aliphatic rings. The number of fused-ring (bicyclic) bond motifs is 1. The predicted molar refractivity (Wildman–Crippen MR) is 135 cm³/mol. The average molecular weight is 516 g/mol. The second kappa shape index (κ2) is 10.1. The number of carbonyl (C=O) groups excluding carboxylic acids is 2. The Kier molecular flexibility index (Phi) is 6.84. The quantitative estimate of drug-likeness (QED) is 0.604. The van der Waals surface area contributed by atoms with E-state index < -0.39 is 18.4 Å². The maximum Gasteiger partial charge on any atom is 0.342 e. The van der Waals surface area contributed by atoms with Gasteiger partial charge in [0.15, 0.2) is 5.82 Å². The van der Waals surface area contributed by atoms with Crippen LogP contribution < -0.4 is 25.3 Å². The first-order valence-corrected chi connectivity index (χ1v) is 12.6. The number of amides is 2. The van der Waals surface area contributed by atoms with Crippen molar-refractivity contribution in [3.63, 3.8) is 0 Å². The van der Waals surface area contributed by atoms with Gasteiger partial charge in [0.25, 0.3) is 11.8 Å². The van der Waals surface area contributed by atoms with Crippen LogP contribution in [0, 0.1) is 0 Å². The molecule has 2 amide bonds. The first kappa shape index (κ1) is 25.1. The van der Waals surface area contributed by atoms with Gasteiger partial charge in [0.1, 0.15) is 11.4 Å². The number of rotatable bonds is 6. The predicted octanol–water partition coefficient (Wildman–Crippen LogP) is 3.33. The minimum Gasteiger partial charge on any atom is -0.495 e. The Labute approximate surface area is 214 Å². The number of nitrogens with one attached hydrogen (secondary N) is 2. The first-order chi connectivity index (χ1) is 17.8. The summed E-state index contributed by atoms with van der Waals surface area (Å²) in [6.45, 7) is 0.917. The van der Waals surface area contributed by atoms with Crippen molar-refractivity contribution >= 4 is 35.0 Å². The minimum atomic E-state index is -3.54. The third-order valence-corrected chi connectivity index (χ3v) is 7.21. The molecule has 0 bridgehead atoms. The smallest absolute Gasteiger partial charge is 0.342 e. The molecule has 10 nitrogen and oxygen atoms in total. The lowest BCUT2D eigenvalue weighted by molar-refractivity contribution is -0.140. The Morgan fingerprint density at radius 3 is 2.59 bits per heavy atom. The van der Waals surface area contributed by atoms with E-state index in [4.69, 9.17) is 4.74 Å². The molecule has 1 aliphatic carbocycles. The summed E-state index contributed by atoms with van der Waals surface area (Å²) in [5, 5.41) is 4.98. The van der Waals surface area contributed by atoms with Gasteiger partial charge in [0.05, 0.1) is 25.5 Å². The molecule has 0 atom stereocenters. The molecule has 2 N–H and O–H groups in total. The topological polar surface area (TPSA) is 103 Å². The summed E-state index contributed by atoms with van der Waals surface area (Å²) in [6, 6.07) is 4.84. The van der Waals surface area contributed by atoms with E-state index in [-0.39, 0.29) is 29.4 Å². The third kappa shape index (κ3) is 5.02. The molecule has 5 rings (SSSR count). The van der Waals surface area contributed by atoms with Crippen molar-refractivity contribution in [2.24, 2.45) is 0 Å². The molecule has 0 unspecified atom stereocenters. The second-order valence-corrected chi connectivity index (χ2v) is 9.71. The van der Waals surface area contributed by atoms with Crippen molar-refractivity contribution in [3.05, 3.63) is 30.0 Å². The van der Waals surface area contributed by atoms with Crippen LogP contribution in [0.1, 0.15) is 48.9 Å². The summed E-state index contributed by atoms with van der Waals surface area (Å²) < 4.78 is 35.1. The number of benzene rings is 1. The van der Waals surface area contributed by atoms with Crippen molar-refractivity contribution in [3.8, 4) is 5.75 Å². The number of hydrogen-bond donors (Lipinski definition) is 2. The summed E-state index contributed by atoms with van der Waals surface area (Å²) in [5.74, 6) is -4.19. The van der Waals surface area contributed by atoms with Crippen LogP contribution in [0.3, 0.4) is 0 Å². The van der Waals surface area contributed by atoms with Crippen LogP contribution in [0.4, 0.5) is 31.9 Å². The lowest BCUT2D eigenvalue weighted by Crippen LogP contribution is -2.48. The Morgan fingerprint density at radius 1 is 1.16 bits per heavy atom. The molecule has 3 heterocycles. The van der Waals surface area contributed by atoms with Crippen molar-refractivity contribution in [2.75, 3.05) is 48.9 Å². The molecule has 1 aromatic heterocycles. The number of carbonyl (C=O) groups is 2. The summed E-state index contributed by atoms with van der Waals surface area (Å²) >= 11 is 0. The molecular formula is C25H31F2N7O3. The van der Waals surface area contributed by atoms with E-state index >= 15 is 0 Å². The molecule has 0 radical (unpaired) electrons. The highest BCUT2D eigenvalue weighted by Gasteiger charge is 2.48. The number of nitrogens with zero attached hydrogens (tertiary/aromatic N) is 5. The van der Waals surface area contributed by atoms with Gasteiger partial charge in [0, 0.05) is 31.7 Å². The monoisotopic (exact) mass is 515 g/mol. The number of hydrogen-bond acceptors (Lipinski definition) is 8. The largest absolute Gasteiger partial charge is 0.495 e. The molecule has 198 valence electrons. The molecule has 2 fully saturated rings. The second-order valence-electron chi connectivity index (χ2n) is 9.71. The fourth-order valence-electron chi connectivity index (χ4n) is 5.20. The van der Waals surface area contributed by atoms with Gasteiger partial charge >= 0.3 is 5.92 Å². The van der Waals surface area contributed by atoms with Crippen LogP contribution in [0.15, 0.2) is 24.4 Å². The van der Waals surface area contributed by atoms with Crippen LogP contribution >= 0.6 is 0 Å². The number of methoxy groups -OCH3 is 1. The Morgan fingerprint density at radius 2 is 1.89 bits per heavy atom. The van der Waals surface area contributed by atoms with E-state index in [1.165, 1.54) is 20.4 Å². The molecule has 1 saturated heterocycles. The normalized spacial score (nSPS) is 20.1. The van der Waals surface area contributed by atoms with E-state index in [0.29, 0.717) is 17.0 Å². The standard InChI is InChI=1S/C25H31F2N7O3/c1-32-19-14-28-24(30-21(19)34(17-7-3-4-8-17)15-25(26,27)23(32)36)29-18-10-9-16(13-20(18)37-2)22(35)31-33-11-5-6-12-33/h9-10,13-14,17H,3-8,11-12,15H2,1-2H3,(H,31,35)(H,28,29,30). The Hall–Kier alpha value is -3.54. The molecule has 12 heteroatoms. The van der Waals surface area contributed by atoms with Crippen molar-refractivity contribution in [2.45, 2.75) is 50.5 Å². The van der Waals surface area contributed by atoms with Crippen LogP contribution in [0.5, 0.6) is 5.75 Å². The maximum absolute atomic E-state index is 14.8. The Balaban J connectivity index is 1.43. The number of aromatic nitrogens is 2. The van der Waals surface area contributed by atoms with E-state index in [0.717, 1.165) is 56.5 Å². The highest BCUT2D eigenvalue weighted by molar-refractivity contribution is 6.02. The van der Waals surface area contributed by atoms with Crippen LogP contribution in [-0.2, 0) is 4.79 Å². The molecule has 37 heavy (non-hydrogen) atoms. The molecular weight excluding hydrogens is 484 g/mol. The molecule has 1 saturated carbocycles. The van der Waals surface area contributed by atoms with E-state index in [1.807, 2.05) is 5.01 Å². The molecule has 2 aliphatic heterocycles. The average Bonchev–Trinajstić information content (AvgIpc) is 3.60. The fourth-order valence-corrected chi connectivity index (χ4v) is 5.20. The summed E-state index contributed by atoms with van der Waals surface area (Å²) in [6.07, 6.45) is 6.88. The minimum absolute atomic E-state index is 0.130. The third-order valence-electron chi connectivity index (χ3n) is 7.21. The zero-order valence-corrected chi connectivity index (χ0v) is 21.0. The summed E-state index contributed by atoms with van der Waals surface area (Å²) in [5.41, 5.74) is 4.08. The van der Waals surface area contributed by atoms with E-state index in [1.54, 1.807) is 23.1 Å². The van der Waals surface area contributed by atoms with Gasteiger partial charge in [-0.1, -0.05) is 12.8 Å². The molecule has 0 spiro atoms. The SMILES string of the molecule is COc1cc(C(=O)NN2CCCC2)ccc1Nc1ncc2c(n1)N(C1CCCC1)CC(F)(F)C(=O)N2C. The van der Waals surface area contributed by atoms with E-state index in [9.17, 15) is 18.4 Å². The summed E-state index contributed by atoms with van der Waals surface area (Å²) in [4.78, 5) is 36.5. The number of anilines is 4. The first-order valence-electron chi connectivity index (χ1n) is 12.6. The lowest BCUT2D eigenvalue weighted by atomic mass is 10.1. The zero-order valence-electron chi connectivity index (χ0n) is 21.0. The van der Waals surface area contributed by atoms with Gasteiger partial charge in [-0.15, -0.1) is 0 Å². The van der Waals surface area contributed by atoms with Crippen molar-refractivity contribution < 1.29 is 23.1 Å². The van der Waals surface area contributed by atoms with Gasteiger partial charge in [-0.25, -0.2) is 9.99 Å². The van der Waals surface area contributed by atoms with Crippen molar-refractivity contribution in [1.82, 2.24) is 20.4 Å². The number of hydrazine groups is 1. The van der Waals surface area contributed by atoms with E-state index in [2.05, 4.69) is 20.7 Å². The van der Waals surface area contributed by atoms with Gasteiger partial charge in [0.2, 0.25) is 5.95 Å². The molecule has 1 aromatic carbocycles. The molecule has 2 aromatic rings. The van der Waals surface area contributed by atoms with Crippen LogP contribution in [0.2, 0.25) is 0 Å². The van der Waals surface area contributed by atoms with Gasteiger partial charge in [-0.2, -0.15) is 13.8 Å². The number of alkyl halides is 2. The van der Waals surface area contributed by atoms with Crippen LogP contribution in [0.25, 0.3) is 0 Å². The maximum atomic E-state index is 14.8. The van der Waals surface area contributed by atoms with Gasteiger partial charge in [-0.05, 0) is 43.9 Å².